The van der Waals surface area contributed by atoms with E-state index < -0.39 is 5.97 Å². The lowest BCUT2D eigenvalue weighted by molar-refractivity contribution is 0.0697. The molecule has 0 spiro atoms. The van der Waals surface area contributed by atoms with Gasteiger partial charge in [0.2, 0.25) is 0 Å². The second kappa shape index (κ2) is 7.74. The van der Waals surface area contributed by atoms with Crippen LogP contribution in [0.25, 0.3) is 0 Å². The molecule has 0 aliphatic heterocycles. The van der Waals surface area contributed by atoms with Crippen molar-refractivity contribution in [3.05, 3.63) is 59.3 Å². The van der Waals surface area contributed by atoms with Crippen LogP contribution in [0.2, 0.25) is 0 Å². The molecule has 0 saturated carbocycles. The van der Waals surface area contributed by atoms with Crippen molar-refractivity contribution in [2.75, 3.05) is 11.9 Å². The van der Waals surface area contributed by atoms with Crippen molar-refractivity contribution >= 4 is 11.8 Å². The topological polar surface area (TPSA) is 65.5 Å². The molecule has 0 bridgehead atoms. The van der Waals surface area contributed by atoms with Crippen LogP contribution in [0.15, 0.2) is 42.6 Å². The molecule has 23 heavy (non-hydrogen) atoms. The van der Waals surface area contributed by atoms with Crippen LogP contribution in [0.4, 0.5) is 5.82 Å². The summed E-state index contributed by atoms with van der Waals surface area (Å²) in [6.07, 6.45) is 1.88. The highest BCUT2D eigenvalue weighted by Gasteiger charge is 2.06. The maximum Gasteiger partial charge on any atom is 0.335 e. The van der Waals surface area contributed by atoms with Gasteiger partial charge >= 0.3 is 5.97 Å². The number of aromatic nitrogens is 1. The number of nitrogens with zero attached hydrogens (tertiary/aromatic N) is 2. The molecule has 1 aromatic carbocycles. The van der Waals surface area contributed by atoms with Gasteiger partial charge in [0.25, 0.3) is 0 Å². The van der Waals surface area contributed by atoms with Crippen LogP contribution in [-0.4, -0.2) is 29.1 Å². The van der Waals surface area contributed by atoms with Crippen molar-refractivity contribution in [1.29, 1.82) is 0 Å². The molecular formula is C18H23N3O2. The summed E-state index contributed by atoms with van der Waals surface area (Å²) in [6.45, 7) is 5.67. The Morgan fingerprint density at radius 2 is 1.74 bits per heavy atom. The average molecular weight is 313 g/mol. The van der Waals surface area contributed by atoms with Crippen molar-refractivity contribution in [2.45, 2.75) is 33.0 Å². The third-order valence-corrected chi connectivity index (χ3v) is 3.80. The SMILES string of the molecule is CC(C)N(C)c1ccc(CNCc2ccc(C(=O)O)cc2)cn1. The van der Waals surface area contributed by atoms with Crippen LogP contribution < -0.4 is 10.2 Å². The number of hydrogen-bond acceptors (Lipinski definition) is 4. The number of nitrogens with one attached hydrogen (secondary N) is 1. The van der Waals surface area contributed by atoms with E-state index in [9.17, 15) is 4.79 Å². The van der Waals surface area contributed by atoms with Gasteiger partial charge in [0.15, 0.2) is 0 Å². The van der Waals surface area contributed by atoms with Crippen molar-refractivity contribution in [1.82, 2.24) is 10.3 Å². The van der Waals surface area contributed by atoms with Crippen LogP contribution in [0, 0.1) is 0 Å². The fourth-order valence-electron chi connectivity index (χ4n) is 2.11. The molecule has 0 radical (unpaired) electrons. The van der Waals surface area contributed by atoms with E-state index in [0.29, 0.717) is 18.2 Å². The van der Waals surface area contributed by atoms with E-state index >= 15 is 0 Å². The Morgan fingerprint density at radius 1 is 1.13 bits per heavy atom. The molecule has 0 unspecified atom stereocenters. The lowest BCUT2D eigenvalue weighted by atomic mass is 10.1. The van der Waals surface area contributed by atoms with E-state index in [4.69, 9.17) is 5.11 Å². The fourth-order valence-corrected chi connectivity index (χ4v) is 2.11. The van der Waals surface area contributed by atoms with Gasteiger partial charge in [-0.2, -0.15) is 0 Å². The second-order valence-corrected chi connectivity index (χ2v) is 5.83. The summed E-state index contributed by atoms with van der Waals surface area (Å²) >= 11 is 0. The normalized spacial score (nSPS) is 10.8. The van der Waals surface area contributed by atoms with E-state index in [-0.39, 0.29) is 0 Å². The Hall–Kier alpha value is -2.40. The van der Waals surface area contributed by atoms with Crippen LogP contribution in [0.5, 0.6) is 0 Å². The predicted octanol–water partition coefficient (Wildman–Crippen LogP) is 2.91. The van der Waals surface area contributed by atoms with Crippen molar-refractivity contribution < 1.29 is 9.90 Å². The molecule has 0 fully saturated rings. The number of rotatable bonds is 7. The van der Waals surface area contributed by atoms with Crippen molar-refractivity contribution in [3.8, 4) is 0 Å². The van der Waals surface area contributed by atoms with Crippen molar-refractivity contribution in [3.63, 3.8) is 0 Å². The van der Waals surface area contributed by atoms with Gasteiger partial charge in [0.1, 0.15) is 5.82 Å². The molecule has 0 aliphatic rings. The zero-order valence-corrected chi connectivity index (χ0v) is 13.8. The Balaban J connectivity index is 1.85. The number of carbonyl (C=O) groups is 1. The maximum atomic E-state index is 10.8. The minimum absolute atomic E-state index is 0.308. The Labute approximate surface area is 137 Å². The summed E-state index contributed by atoms with van der Waals surface area (Å²) in [5.41, 5.74) is 2.48. The second-order valence-electron chi connectivity index (χ2n) is 5.83. The third kappa shape index (κ3) is 4.79. The molecule has 0 amide bonds. The van der Waals surface area contributed by atoms with Gasteiger partial charge in [-0.15, -0.1) is 0 Å². The number of hydrogen-bond donors (Lipinski definition) is 2. The van der Waals surface area contributed by atoms with Crippen LogP contribution >= 0.6 is 0 Å². The molecule has 2 N–H and O–H groups in total. The molecule has 0 atom stereocenters. The molecule has 122 valence electrons. The zero-order valence-electron chi connectivity index (χ0n) is 13.8. The number of anilines is 1. The molecule has 5 heteroatoms. The number of aromatic carboxylic acids is 1. The average Bonchev–Trinajstić information content (AvgIpc) is 2.55. The summed E-state index contributed by atoms with van der Waals surface area (Å²) < 4.78 is 0. The van der Waals surface area contributed by atoms with Crippen LogP contribution in [0.1, 0.15) is 35.3 Å². The summed E-state index contributed by atoms with van der Waals surface area (Å²) in [7, 11) is 2.03. The standard InChI is InChI=1S/C18H23N3O2/c1-13(2)21(3)17-9-6-15(12-20-17)11-19-10-14-4-7-16(8-5-14)18(22)23/h4-9,12-13,19H,10-11H2,1-3H3,(H,22,23). The number of pyridine rings is 1. The monoisotopic (exact) mass is 313 g/mol. The zero-order chi connectivity index (χ0) is 16.8. The molecule has 0 saturated heterocycles. The summed E-state index contributed by atoms with van der Waals surface area (Å²) in [5.74, 6) is 0.0649. The lowest BCUT2D eigenvalue weighted by Gasteiger charge is -2.22. The van der Waals surface area contributed by atoms with Gasteiger partial charge in [0, 0.05) is 32.4 Å². The molecule has 1 aromatic heterocycles. The smallest absolute Gasteiger partial charge is 0.335 e. The van der Waals surface area contributed by atoms with Crippen LogP contribution in [0.3, 0.4) is 0 Å². The highest BCUT2D eigenvalue weighted by atomic mass is 16.4. The molecule has 2 rings (SSSR count). The number of carboxylic acid groups (broad SMARTS) is 1. The first-order valence-corrected chi connectivity index (χ1v) is 7.68. The lowest BCUT2D eigenvalue weighted by Crippen LogP contribution is -2.26. The quantitative estimate of drug-likeness (QED) is 0.823. The molecular weight excluding hydrogens is 290 g/mol. The van der Waals surface area contributed by atoms with Gasteiger partial charge in [-0.3, -0.25) is 0 Å². The van der Waals surface area contributed by atoms with E-state index in [1.54, 1.807) is 12.1 Å². The van der Waals surface area contributed by atoms with E-state index in [1.807, 2.05) is 31.4 Å². The van der Waals surface area contributed by atoms with E-state index in [0.717, 1.165) is 23.5 Å². The largest absolute Gasteiger partial charge is 0.478 e. The molecule has 1 heterocycles. The van der Waals surface area contributed by atoms with Gasteiger partial charge < -0.3 is 15.3 Å². The highest BCUT2D eigenvalue weighted by molar-refractivity contribution is 5.87. The first-order valence-electron chi connectivity index (χ1n) is 7.68. The summed E-state index contributed by atoms with van der Waals surface area (Å²) in [4.78, 5) is 17.4. The number of carboxylic acids is 1. The summed E-state index contributed by atoms with van der Waals surface area (Å²) in [5, 5.41) is 12.2. The Bertz CT molecular complexity index is 636. The van der Waals surface area contributed by atoms with Gasteiger partial charge in [0.05, 0.1) is 5.56 Å². The van der Waals surface area contributed by atoms with E-state index in [2.05, 4.69) is 35.1 Å². The maximum absolute atomic E-state index is 10.8. The summed E-state index contributed by atoms with van der Waals surface area (Å²) in [6, 6.07) is 11.4. The first kappa shape index (κ1) is 17.0. The minimum atomic E-state index is -0.901. The molecule has 2 aromatic rings. The van der Waals surface area contributed by atoms with Gasteiger partial charge in [-0.25, -0.2) is 9.78 Å². The predicted molar refractivity (Wildman–Crippen MR) is 91.7 cm³/mol. The minimum Gasteiger partial charge on any atom is -0.478 e. The van der Waals surface area contributed by atoms with Gasteiger partial charge in [-0.05, 0) is 43.2 Å². The Kier molecular flexibility index (Phi) is 5.71. The van der Waals surface area contributed by atoms with Gasteiger partial charge in [-0.1, -0.05) is 18.2 Å². The molecule has 0 aliphatic carbocycles. The molecule has 5 nitrogen and oxygen atoms in total. The fraction of sp³-hybridized carbons (Fsp3) is 0.333. The highest BCUT2D eigenvalue weighted by Crippen LogP contribution is 2.12. The third-order valence-electron chi connectivity index (χ3n) is 3.80. The van der Waals surface area contributed by atoms with Crippen LogP contribution in [-0.2, 0) is 13.1 Å². The first-order chi connectivity index (χ1) is 11.0. The van der Waals surface area contributed by atoms with Crippen molar-refractivity contribution in [2.24, 2.45) is 0 Å². The Morgan fingerprint density at radius 3 is 2.26 bits per heavy atom. The van der Waals surface area contributed by atoms with E-state index in [1.165, 1.54) is 0 Å². The number of benzene rings is 1.